The summed E-state index contributed by atoms with van der Waals surface area (Å²) < 4.78 is 0. The van der Waals surface area contributed by atoms with E-state index >= 15 is 0 Å². The van der Waals surface area contributed by atoms with E-state index in [1.165, 1.54) is 0 Å². The van der Waals surface area contributed by atoms with Crippen LogP contribution in [-0.4, -0.2) is 18.3 Å². The van der Waals surface area contributed by atoms with Gasteiger partial charge >= 0.3 is 0 Å². The summed E-state index contributed by atoms with van der Waals surface area (Å²) in [6.45, 7) is 5.23. The van der Waals surface area contributed by atoms with Crippen LogP contribution in [0, 0.1) is 5.41 Å². The number of aliphatic hydroxyl groups is 1. The molecule has 0 aliphatic rings. The fraction of sp³-hybridized carbons (Fsp3) is 1.00. The molecule has 0 saturated heterocycles. The van der Waals surface area contributed by atoms with Gasteiger partial charge in [-0.05, 0) is 24.8 Å². The normalized spacial score (nSPS) is 12.0. The van der Waals surface area contributed by atoms with Gasteiger partial charge in [-0.15, -0.1) is 0 Å². The summed E-state index contributed by atoms with van der Waals surface area (Å²) in [5, 5.41) is 8.59. The first-order chi connectivity index (χ1) is 4.12. The van der Waals surface area contributed by atoms with E-state index in [0.29, 0.717) is 6.54 Å². The summed E-state index contributed by atoms with van der Waals surface area (Å²) in [7, 11) is 0. The van der Waals surface area contributed by atoms with Gasteiger partial charge in [-0.2, -0.15) is 0 Å². The third kappa shape index (κ3) is 4.43. The number of hydrogen-bond donors (Lipinski definition) is 2. The Kier molecular flexibility index (Phi) is 3.82. The van der Waals surface area contributed by atoms with Crippen LogP contribution in [0.5, 0.6) is 0 Å². The SMILES string of the molecule is CC(C)(CCN)CCO. The molecule has 56 valence electrons. The largest absolute Gasteiger partial charge is 0.396 e. The van der Waals surface area contributed by atoms with Crippen LogP contribution in [0.3, 0.4) is 0 Å². The quantitative estimate of drug-likeness (QED) is 0.591. The standard InChI is InChI=1S/C7H17NO/c1-7(2,3-5-8)4-6-9/h9H,3-6,8H2,1-2H3. The molecule has 0 fully saturated rings. The Labute approximate surface area is 57.1 Å². The van der Waals surface area contributed by atoms with E-state index in [4.69, 9.17) is 10.8 Å². The Hall–Kier alpha value is -0.0800. The number of nitrogens with two attached hydrogens (primary N) is 1. The minimum atomic E-state index is 0.226. The molecule has 9 heavy (non-hydrogen) atoms. The fourth-order valence-corrected chi connectivity index (χ4v) is 0.818. The van der Waals surface area contributed by atoms with Crippen molar-refractivity contribution in [1.82, 2.24) is 0 Å². The molecule has 0 aromatic heterocycles. The van der Waals surface area contributed by atoms with Crippen molar-refractivity contribution < 1.29 is 5.11 Å². The van der Waals surface area contributed by atoms with Crippen LogP contribution in [0.25, 0.3) is 0 Å². The molecule has 0 unspecified atom stereocenters. The summed E-state index contributed by atoms with van der Waals surface area (Å²) in [6.07, 6.45) is 1.84. The summed E-state index contributed by atoms with van der Waals surface area (Å²) in [6, 6.07) is 0. The Morgan fingerprint density at radius 3 is 2.22 bits per heavy atom. The van der Waals surface area contributed by atoms with Crippen LogP contribution in [0.15, 0.2) is 0 Å². The summed E-state index contributed by atoms with van der Waals surface area (Å²) in [5.41, 5.74) is 5.59. The zero-order valence-corrected chi connectivity index (χ0v) is 6.35. The summed E-state index contributed by atoms with van der Waals surface area (Å²) in [5.74, 6) is 0. The van der Waals surface area contributed by atoms with Crippen molar-refractivity contribution in [2.45, 2.75) is 26.7 Å². The van der Waals surface area contributed by atoms with Crippen molar-refractivity contribution in [2.24, 2.45) is 11.1 Å². The van der Waals surface area contributed by atoms with Crippen molar-refractivity contribution >= 4 is 0 Å². The third-order valence-electron chi connectivity index (χ3n) is 1.61. The monoisotopic (exact) mass is 131 g/mol. The van der Waals surface area contributed by atoms with E-state index in [1.807, 2.05) is 0 Å². The number of hydrogen-bond acceptors (Lipinski definition) is 2. The van der Waals surface area contributed by atoms with E-state index in [0.717, 1.165) is 12.8 Å². The molecule has 2 nitrogen and oxygen atoms in total. The van der Waals surface area contributed by atoms with Crippen LogP contribution in [0.4, 0.5) is 0 Å². The van der Waals surface area contributed by atoms with Crippen LogP contribution < -0.4 is 5.73 Å². The second-order valence-electron chi connectivity index (χ2n) is 3.18. The van der Waals surface area contributed by atoms with Crippen LogP contribution in [0.1, 0.15) is 26.7 Å². The van der Waals surface area contributed by atoms with Gasteiger partial charge in [0.25, 0.3) is 0 Å². The Balaban J connectivity index is 3.43. The molecule has 0 amide bonds. The maximum absolute atomic E-state index is 8.59. The van der Waals surface area contributed by atoms with Crippen LogP contribution in [0.2, 0.25) is 0 Å². The molecule has 2 heteroatoms. The van der Waals surface area contributed by atoms with E-state index < -0.39 is 0 Å². The highest BCUT2D eigenvalue weighted by Crippen LogP contribution is 2.22. The van der Waals surface area contributed by atoms with Crippen molar-refractivity contribution in [2.75, 3.05) is 13.2 Å². The maximum Gasteiger partial charge on any atom is 0.0436 e. The Bertz CT molecular complexity index is 63.3. The lowest BCUT2D eigenvalue weighted by atomic mass is 9.86. The van der Waals surface area contributed by atoms with Gasteiger partial charge in [-0.3, -0.25) is 0 Å². The third-order valence-corrected chi connectivity index (χ3v) is 1.61. The highest BCUT2D eigenvalue weighted by Gasteiger charge is 2.14. The second kappa shape index (κ2) is 3.85. The van der Waals surface area contributed by atoms with Crippen LogP contribution >= 0.6 is 0 Å². The molecule has 0 saturated carbocycles. The molecule has 0 radical (unpaired) electrons. The second-order valence-corrected chi connectivity index (χ2v) is 3.18. The summed E-state index contributed by atoms with van der Waals surface area (Å²) in [4.78, 5) is 0. The number of aliphatic hydroxyl groups excluding tert-OH is 1. The van der Waals surface area contributed by atoms with Gasteiger partial charge < -0.3 is 10.8 Å². The van der Waals surface area contributed by atoms with Gasteiger partial charge in [0.1, 0.15) is 0 Å². The molecule has 0 rings (SSSR count). The van der Waals surface area contributed by atoms with Crippen molar-refractivity contribution in [1.29, 1.82) is 0 Å². The zero-order valence-electron chi connectivity index (χ0n) is 6.35. The lowest BCUT2D eigenvalue weighted by Crippen LogP contribution is -2.18. The number of rotatable bonds is 4. The van der Waals surface area contributed by atoms with Gasteiger partial charge in [0.05, 0.1) is 0 Å². The highest BCUT2D eigenvalue weighted by molar-refractivity contribution is 4.67. The van der Waals surface area contributed by atoms with Crippen molar-refractivity contribution in [3.05, 3.63) is 0 Å². The van der Waals surface area contributed by atoms with Gasteiger partial charge in [-0.1, -0.05) is 13.8 Å². The van der Waals surface area contributed by atoms with E-state index in [-0.39, 0.29) is 12.0 Å². The molecule has 0 atom stereocenters. The lowest BCUT2D eigenvalue weighted by Gasteiger charge is -2.21. The molecule has 0 bridgehead atoms. The molecule has 0 aromatic carbocycles. The first-order valence-corrected chi connectivity index (χ1v) is 3.43. The molecule has 3 N–H and O–H groups in total. The molecule has 0 aromatic rings. The Morgan fingerprint density at radius 2 is 1.89 bits per heavy atom. The fourth-order valence-electron chi connectivity index (χ4n) is 0.818. The predicted octanol–water partition coefficient (Wildman–Crippen LogP) is 0.744. The zero-order chi connectivity index (χ0) is 7.33. The highest BCUT2D eigenvalue weighted by atomic mass is 16.3. The molecule has 0 spiro atoms. The van der Waals surface area contributed by atoms with Gasteiger partial charge in [0, 0.05) is 6.61 Å². The van der Waals surface area contributed by atoms with E-state index in [1.54, 1.807) is 0 Å². The first kappa shape index (κ1) is 8.92. The van der Waals surface area contributed by atoms with E-state index in [9.17, 15) is 0 Å². The first-order valence-electron chi connectivity index (χ1n) is 3.43. The molecule has 0 aliphatic carbocycles. The topological polar surface area (TPSA) is 46.2 Å². The average molecular weight is 131 g/mol. The molecule has 0 aliphatic heterocycles. The maximum atomic E-state index is 8.59. The minimum Gasteiger partial charge on any atom is -0.396 e. The summed E-state index contributed by atoms with van der Waals surface area (Å²) >= 11 is 0. The van der Waals surface area contributed by atoms with Crippen molar-refractivity contribution in [3.8, 4) is 0 Å². The van der Waals surface area contributed by atoms with Gasteiger partial charge in [0.2, 0.25) is 0 Å². The lowest BCUT2D eigenvalue weighted by molar-refractivity contribution is 0.204. The molecular weight excluding hydrogens is 114 g/mol. The van der Waals surface area contributed by atoms with Gasteiger partial charge in [-0.25, -0.2) is 0 Å². The smallest absolute Gasteiger partial charge is 0.0436 e. The minimum absolute atomic E-state index is 0.226. The van der Waals surface area contributed by atoms with Crippen molar-refractivity contribution in [3.63, 3.8) is 0 Å². The molecular formula is C7H17NO. The molecule has 0 heterocycles. The average Bonchev–Trinajstić information content (AvgIpc) is 1.64. The Morgan fingerprint density at radius 1 is 1.33 bits per heavy atom. The van der Waals surface area contributed by atoms with Gasteiger partial charge in [0.15, 0.2) is 0 Å². The van der Waals surface area contributed by atoms with Crippen LogP contribution in [-0.2, 0) is 0 Å². The van der Waals surface area contributed by atoms with E-state index in [2.05, 4.69) is 13.8 Å². The predicted molar refractivity (Wildman–Crippen MR) is 39.2 cm³/mol.